The van der Waals surface area contributed by atoms with Gasteiger partial charge in [-0.1, -0.05) is 48.5 Å². The van der Waals surface area contributed by atoms with E-state index in [1.807, 2.05) is 30.3 Å². The molecule has 140 valence electrons. The van der Waals surface area contributed by atoms with Gasteiger partial charge in [-0.3, -0.25) is 4.79 Å². The minimum Gasteiger partial charge on any atom is -0.446 e. The first-order chi connectivity index (χ1) is 13.1. The second-order valence-electron chi connectivity index (χ2n) is 6.20. The number of aliphatic hydroxyl groups is 1. The van der Waals surface area contributed by atoms with E-state index < -0.39 is 12.1 Å². The first kappa shape index (κ1) is 18.8. The Morgan fingerprint density at radius 1 is 1.19 bits per heavy atom. The van der Waals surface area contributed by atoms with Crippen LogP contribution in [0.5, 0.6) is 0 Å². The van der Waals surface area contributed by atoms with E-state index in [9.17, 15) is 19.1 Å². The van der Waals surface area contributed by atoms with Crippen LogP contribution in [-0.4, -0.2) is 35.2 Å². The van der Waals surface area contributed by atoms with E-state index in [1.54, 1.807) is 18.2 Å². The summed E-state index contributed by atoms with van der Waals surface area (Å²) in [5.74, 6) is -0.690. The van der Waals surface area contributed by atoms with E-state index in [0.717, 1.165) is 10.5 Å². The number of hydrogen-bond donors (Lipinski definition) is 1. The molecule has 1 saturated heterocycles. The molecule has 2 amide bonds. The van der Waals surface area contributed by atoms with Crippen LogP contribution in [0.3, 0.4) is 0 Å². The van der Waals surface area contributed by atoms with Crippen LogP contribution in [0.2, 0.25) is 0 Å². The Bertz CT molecular complexity index is 833. The van der Waals surface area contributed by atoms with E-state index in [-0.39, 0.29) is 31.4 Å². The van der Waals surface area contributed by atoms with Gasteiger partial charge >= 0.3 is 6.09 Å². The molecule has 0 radical (unpaired) electrons. The van der Waals surface area contributed by atoms with E-state index in [2.05, 4.69) is 0 Å². The number of hydrogen-bond acceptors (Lipinski definition) is 4. The Hall–Kier alpha value is -2.99. The molecule has 0 unspecified atom stereocenters. The predicted molar refractivity (Wildman–Crippen MR) is 98.1 cm³/mol. The summed E-state index contributed by atoms with van der Waals surface area (Å²) in [4.78, 5) is 25.7. The summed E-state index contributed by atoms with van der Waals surface area (Å²) in [6.45, 7) is -0.0832. The molecule has 0 spiro atoms. The number of amides is 2. The Morgan fingerprint density at radius 3 is 2.56 bits per heavy atom. The van der Waals surface area contributed by atoms with Crippen molar-refractivity contribution in [1.29, 1.82) is 0 Å². The molecule has 0 aliphatic carbocycles. The molecule has 0 aromatic heterocycles. The average Bonchev–Trinajstić information content (AvgIpc) is 3.08. The third-order valence-electron chi connectivity index (χ3n) is 4.46. The highest BCUT2D eigenvalue weighted by molar-refractivity contribution is 5.93. The lowest BCUT2D eigenvalue weighted by atomic mass is 10.0. The van der Waals surface area contributed by atoms with Crippen molar-refractivity contribution in [2.24, 2.45) is 0 Å². The number of ether oxygens (including phenoxy) is 1. The lowest BCUT2D eigenvalue weighted by Gasteiger charge is -2.19. The van der Waals surface area contributed by atoms with Crippen molar-refractivity contribution in [3.05, 3.63) is 77.6 Å². The SMILES string of the molecule is O=C(CC/C=C(\CO)c1ccc(F)cc1)N1C(=O)OC[C@@H]1c1ccccc1. The highest BCUT2D eigenvalue weighted by Crippen LogP contribution is 2.28. The van der Waals surface area contributed by atoms with E-state index in [1.165, 1.54) is 12.1 Å². The zero-order chi connectivity index (χ0) is 19.2. The van der Waals surface area contributed by atoms with Gasteiger partial charge in [0, 0.05) is 6.42 Å². The van der Waals surface area contributed by atoms with Crippen LogP contribution in [0, 0.1) is 5.82 Å². The van der Waals surface area contributed by atoms with Crippen LogP contribution in [0.4, 0.5) is 9.18 Å². The lowest BCUT2D eigenvalue weighted by molar-refractivity contribution is -0.129. The average molecular weight is 369 g/mol. The summed E-state index contributed by atoms with van der Waals surface area (Å²) >= 11 is 0. The van der Waals surface area contributed by atoms with Gasteiger partial charge in [-0.15, -0.1) is 0 Å². The van der Waals surface area contributed by atoms with Crippen molar-refractivity contribution in [3.8, 4) is 0 Å². The maximum absolute atomic E-state index is 13.0. The minimum absolute atomic E-state index is 0.100. The van der Waals surface area contributed by atoms with E-state index in [4.69, 9.17) is 4.74 Å². The molecule has 1 heterocycles. The summed E-state index contributed by atoms with van der Waals surface area (Å²) in [5.41, 5.74) is 2.13. The highest BCUT2D eigenvalue weighted by Gasteiger charge is 2.38. The van der Waals surface area contributed by atoms with E-state index in [0.29, 0.717) is 17.6 Å². The molecule has 27 heavy (non-hydrogen) atoms. The second-order valence-corrected chi connectivity index (χ2v) is 6.20. The van der Waals surface area contributed by atoms with Crippen LogP contribution >= 0.6 is 0 Å². The summed E-state index contributed by atoms with van der Waals surface area (Å²) in [5, 5.41) is 9.53. The van der Waals surface area contributed by atoms with Crippen LogP contribution in [0.15, 0.2) is 60.7 Å². The van der Waals surface area contributed by atoms with Gasteiger partial charge in [-0.05, 0) is 35.3 Å². The van der Waals surface area contributed by atoms with Gasteiger partial charge in [-0.25, -0.2) is 14.1 Å². The quantitative estimate of drug-likeness (QED) is 0.843. The fourth-order valence-corrected chi connectivity index (χ4v) is 3.05. The Kier molecular flexibility index (Phi) is 5.98. The van der Waals surface area contributed by atoms with Crippen molar-refractivity contribution in [1.82, 2.24) is 4.90 Å². The van der Waals surface area contributed by atoms with Gasteiger partial charge in [0.05, 0.1) is 6.61 Å². The standard InChI is InChI=1S/C21H20FNO4/c22-18-11-9-15(10-12-18)17(13-24)7-4-8-20(25)23-19(14-27-21(23)26)16-5-2-1-3-6-16/h1-3,5-7,9-12,19,24H,4,8,13-14H2/b17-7+/t19-/m1/s1. The van der Waals surface area contributed by atoms with E-state index >= 15 is 0 Å². The number of carbonyl (C=O) groups excluding carboxylic acids is 2. The number of cyclic esters (lactones) is 1. The van der Waals surface area contributed by atoms with Crippen LogP contribution in [0.25, 0.3) is 5.57 Å². The number of carbonyl (C=O) groups is 2. The molecule has 1 N–H and O–H groups in total. The number of imide groups is 1. The molecular weight excluding hydrogens is 349 g/mol. The van der Waals surface area contributed by atoms with Gasteiger partial charge in [0.25, 0.3) is 0 Å². The van der Waals surface area contributed by atoms with Crippen LogP contribution in [-0.2, 0) is 9.53 Å². The molecular formula is C21H20FNO4. The van der Waals surface area contributed by atoms with Gasteiger partial charge < -0.3 is 9.84 Å². The molecule has 0 saturated carbocycles. The second kappa shape index (κ2) is 8.60. The number of benzene rings is 2. The van der Waals surface area contributed by atoms with Crippen molar-refractivity contribution in [3.63, 3.8) is 0 Å². The predicted octanol–water partition coefficient (Wildman–Crippen LogP) is 3.70. The highest BCUT2D eigenvalue weighted by atomic mass is 19.1. The zero-order valence-electron chi connectivity index (χ0n) is 14.7. The van der Waals surface area contributed by atoms with Gasteiger partial charge in [0.15, 0.2) is 0 Å². The third kappa shape index (κ3) is 4.41. The zero-order valence-corrected chi connectivity index (χ0v) is 14.7. The minimum atomic E-state index is -0.640. The molecule has 1 aliphatic rings. The fourth-order valence-electron chi connectivity index (χ4n) is 3.05. The normalized spacial score (nSPS) is 17.1. The molecule has 3 rings (SSSR count). The smallest absolute Gasteiger partial charge is 0.417 e. The summed E-state index contributed by atoms with van der Waals surface area (Å²) in [6.07, 6.45) is 1.53. The molecule has 5 nitrogen and oxygen atoms in total. The molecule has 6 heteroatoms. The first-order valence-electron chi connectivity index (χ1n) is 8.69. The largest absolute Gasteiger partial charge is 0.446 e. The van der Waals surface area contributed by atoms with Gasteiger partial charge in [-0.2, -0.15) is 0 Å². The Balaban J connectivity index is 1.67. The molecule has 2 aromatic rings. The van der Waals surface area contributed by atoms with Crippen molar-refractivity contribution in [2.45, 2.75) is 18.9 Å². The van der Waals surface area contributed by atoms with Crippen molar-refractivity contribution >= 4 is 17.6 Å². The molecule has 1 fully saturated rings. The summed E-state index contributed by atoms with van der Waals surface area (Å²) < 4.78 is 18.1. The fraction of sp³-hybridized carbons (Fsp3) is 0.238. The van der Waals surface area contributed by atoms with Gasteiger partial charge in [0.1, 0.15) is 18.5 Å². The van der Waals surface area contributed by atoms with Crippen molar-refractivity contribution in [2.75, 3.05) is 13.2 Å². The summed E-state index contributed by atoms with van der Waals surface area (Å²) in [6, 6.07) is 14.6. The summed E-state index contributed by atoms with van der Waals surface area (Å²) in [7, 11) is 0. The number of rotatable bonds is 6. The molecule has 1 aliphatic heterocycles. The van der Waals surface area contributed by atoms with Gasteiger partial charge in [0.2, 0.25) is 5.91 Å². The molecule has 0 bridgehead atoms. The van der Waals surface area contributed by atoms with Crippen molar-refractivity contribution < 1.29 is 23.8 Å². The lowest BCUT2D eigenvalue weighted by Crippen LogP contribution is -2.33. The number of halogens is 1. The molecule has 2 aromatic carbocycles. The third-order valence-corrected chi connectivity index (χ3v) is 4.46. The maximum Gasteiger partial charge on any atom is 0.417 e. The maximum atomic E-state index is 13.0. The Labute approximate surface area is 156 Å². The molecule has 1 atom stereocenters. The monoisotopic (exact) mass is 369 g/mol. The van der Waals surface area contributed by atoms with Crippen LogP contribution in [0.1, 0.15) is 30.0 Å². The topological polar surface area (TPSA) is 66.8 Å². The number of allylic oxidation sites excluding steroid dienone is 1. The Morgan fingerprint density at radius 2 is 1.89 bits per heavy atom. The number of nitrogens with zero attached hydrogens (tertiary/aromatic N) is 1. The first-order valence-corrected chi connectivity index (χ1v) is 8.69. The number of aliphatic hydroxyl groups excluding tert-OH is 1. The van der Waals surface area contributed by atoms with Crippen LogP contribution < -0.4 is 0 Å².